The number of hydrogen-bond donors (Lipinski definition) is 0. The van der Waals surface area contributed by atoms with Gasteiger partial charge in [0.15, 0.2) is 0 Å². The monoisotopic (exact) mass is 449 g/mol. The highest BCUT2D eigenvalue weighted by atomic mass is 16.6. The molecule has 2 saturated carbocycles. The van der Waals surface area contributed by atoms with Crippen LogP contribution in [0.3, 0.4) is 0 Å². The summed E-state index contributed by atoms with van der Waals surface area (Å²) in [5, 5.41) is 0. The van der Waals surface area contributed by atoms with Crippen molar-refractivity contribution in [3.63, 3.8) is 0 Å². The molecule has 3 fully saturated rings. The fraction of sp³-hybridized carbons (Fsp3) is 0.889. The maximum Gasteiger partial charge on any atom is 0.410 e. The summed E-state index contributed by atoms with van der Waals surface area (Å²) >= 11 is 0. The summed E-state index contributed by atoms with van der Waals surface area (Å²) in [6.45, 7) is 15.9. The number of likely N-dealkylation sites (tertiary alicyclic amines) is 1. The summed E-state index contributed by atoms with van der Waals surface area (Å²) in [6, 6.07) is 0. The highest BCUT2D eigenvalue weighted by Crippen LogP contribution is 2.39. The van der Waals surface area contributed by atoms with Gasteiger partial charge in [-0.1, -0.05) is 27.7 Å². The van der Waals surface area contributed by atoms with E-state index in [1.54, 1.807) is 0 Å². The van der Waals surface area contributed by atoms with E-state index in [4.69, 9.17) is 4.74 Å². The molecule has 32 heavy (non-hydrogen) atoms. The van der Waals surface area contributed by atoms with Crippen molar-refractivity contribution < 1.29 is 19.1 Å². The lowest BCUT2D eigenvalue weighted by Gasteiger charge is -2.37. The van der Waals surface area contributed by atoms with Gasteiger partial charge in [-0.15, -0.1) is 0 Å². The molecule has 1 amide bonds. The van der Waals surface area contributed by atoms with E-state index in [0.717, 1.165) is 70.9 Å². The molecule has 0 spiro atoms. The number of Topliss-reactive ketones (excluding diaryl/α,β-unsaturated/α-hetero) is 2. The van der Waals surface area contributed by atoms with Gasteiger partial charge in [-0.05, 0) is 82.5 Å². The van der Waals surface area contributed by atoms with E-state index in [9.17, 15) is 14.4 Å². The first kappa shape index (κ1) is 26.9. The van der Waals surface area contributed by atoms with Crippen LogP contribution in [-0.4, -0.2) is 41.3 Å². The molecular weight excluding hydrogens is 402 g/mol. The Hall–Kier alpha value is -1.39. The Morgan fingerprint density at radius 1 is 0.969 bits per heavy atom. The van der Waals surface area contributed by atoms with Crippen LogP contribution >= 0.6 is 0 Å². The maximum atomic E-state index is 12.3. The van der Waals surface area contributed by atoms with E-state index in [0.29, 0.717) is 22.9 Å². The summed E-state index contributed by atoms with van der Waals surface area (Å²) in [7, 11) is 0. The lowest BCUT2D eigenvalue weighted by Crippen LogP contribution is -2.42. The molecule has 1 atom stereocenters. The van der Waals surface area contributed by atoms with Crippen molar-refractivity contribution in [1.82, 2.24) is 4.90 Å². The summed E-state index contributed by atoms with van der Waals surface area (Å²) < 4.78 is 5.44. The van der Waals surface area contributed by atoms with Crippen molar-refractivity contribution in [3.05, 3.63) is 0 Å². The number of piperidine rings is 1. The van der Waals surface area contributed by atoms with Crippen LogP contribution in [0.5, 0.6) is 0 Å². The molecule has 3 rings (SSSR count). The first-order chi connectivity index (χ1) is 14.7. The first-order valence-electron chi connectivity index (χ1n) is 12.7. The average molecular weight is 450 g/mol. The topological polar surface area (TPSA) is 63.7 Å². The second-order valence-electron chi connectivity index (χ2n) is 12.9. The number of hydrogen-bond acceptors (Lipinski definition) is 4. The van der Waals surface area contributed by atoms with Crippen molar-refractivity contribution in [1.29, 1.82) is 0 Å². The van der Waals surface area contributed by atoms with Gasteiger partial charge in [0.1, 0.15) is 17.2 Å². The molecule has 184 valence electrons. The van der Waals surface area contributed by atoms with Gasteiger partial charge in [0.25, 0.3) is 0 Å². The van der Waals surface area contributed by atoms with E-state index in [1.807, 2.05) is 25.7 Å². The number of carbonyl (C=O) groups is 3. The van der Waals surface area contributed by atoms with Gasteiger partial charge in [-0.3, -0.25) is 9.59 Å². The highest BCUT2D eigenvalue weighted by Gasteiger charge is 2.35. The minimum Gasteiger partial charge on any atom is -0.444 e. The number of nitrogens with zero attached hydrogens (tertiary/aromatic N) is 1. The molecule has 1 aliphatic heterocycles. The molecular formula is C27H47NO4. The van der Waals surface area contributed by atoms with E-state index >= 15 is 0 Å². The van der Waals surface area contributed by atoms with Crippen LogP contribution in [0.2, 0.25) is 0 Å². The first-order valence-corrected chi connectivity index (χ1v) is 12.7. The number of amides is 1. The van der Waals surface area contributed by atoms with Crippen LogP contribution in [0.1, 0.15) is 113 Å². The molecule has 1 heterocycles. The zero-order valence-electron chi connectivity index (χ0n) is 21.7. The summed E-state index contributed by atoms with van der Waals surface area (Å²) in [4.78, 5) is 37.1. The number of rotatable bonds is 2. The molecule has 5 nitrogen and oxygen atoms in total. The number of carbonyl (C=O) groups excluding carboxylic acids is 3. The Kier molecular flexibility index (Phi) is 8.97. The Balaban J connectivity index is 0.000000336. The Bertz CT molecular complexity index is 666. The molecule has 0 aromatic rings. The van der Waals surface area contributed by atoms with E-state index in [2.05, 4.69) is 27.7 Å². The third kappa shape index (κ3) is 9.23. The quantitative estimate of drug-likeness (QED) is 0.478. The Labute approximate surface area is 196 Å². The summed E-state index contributed by atoms with van der Waals surface area (Å²) in [5.74, 6) is 1.73. The number of ketones is 2. The lowest BCUT2D eigenvalue weighted by atomic mass is 9.69. The molecule has 5 heteroatoms. The van der Waals surface area contributed by atoms with Crippen LogP contribution in [0.4, 0.5) is 4.79 Å². The van der Waals surface area contributed by atoms with Crippen LogP contribution in [0.25, 0.3) is 0 Å². The van der Waals surface area contributed by atoms with Crippen LogP contribution in [-0.2, 0) is 14.3 Å². The van der Waals surface area contributed by atoms with Gasteiger partial charge in [-0.25, -0.2) is 4.79 Å². The molecule has 0 bridgehead atoms. The molecule has 0 aromatic heterocycles. The molecule has 1 saturated heterocycles. The fourth-order valence-electron chi connectivity index (χ4n) is 5.23. The minimum atomic E-state index is -0.435. The highest BCUT2D eigenvalue weighted by molar-refractivity contribution is 5.82. The smallest absolute Gasteiger partial charge is 0.410 e. The average Bonchev–Trinajstić information content (AvgIpc) is 2.62. The second kappa shape index (κ2) is 10.7. The SMILES string of the molecule is CC1(C)CCC(CC2CCN(C(=O)OC(C)(C)C)CC2)C(=O)C1.CC1(C)CCCC(=O)C1. The molecule has 0 N–H and O–H groups in total. The van der Waals surface area contributed by atoms with Crippen molar-refractivity contribution in [2.75, 3.05) is 13.1 Å². The van der Waals surface area contributed by atoms with Gasteiger partial charge in [0.05, 0.1) is 0 Å². The largest absolute Gasteiger partial charge is 0.444 e. The van der Waals surface area contributed by atoms with Gasteiger partial charge in [-0.2, -0.15) is 0 Å². The van der Waals surface area contributed by atoms with Gasteiger partial charge >= 0.3 is 6.09 Å². The third-order valence-corrected chi connectivity index (χ3v) is 7.15. The predicted octanol–water partition coefficient (Wildman–Crippen LogP) is 6.57. The van der Waals surface area contributed by atoms with Crippen molar-refractivity contribution in [2.24, 2.45) is 22.7 Å². The molecule has 2 aliphatic carbocycles. The maximum absolute atomic E-state index is 12.3. The fourth-order valence-corrected chi connectivity index (χ4v) is 5.23. The van der Waals surface area contributed by atoms with E-state index < -0.39 is 5.60 Å². The van der Waals surface area contributed by atoms with Crippen molar-refractivity contribution in [3.8, 4) is 0 Å². The zero-order chi connectivity index (χ0) is 24.2. The van der Waals surface area contributed by atoms with Gasteiger partial charge < -0.3 is 9.64 Å². The zero-order valence-corrected chi connectivity index (χ0v) is 21.7. The summed E-state index contributed by atoms with van der Waals surface area (Å²) in [5.41, 5.74) is 0.0538. The van der Waals surface area contributed by atoms with Gasteiger partial charge in [0.2, 0.25) is 0 Å². The van der Waals surface area contributed by atoms with Crippen LogP contribution in [0, 0.1) is 22.7 Å². The van der Waals surface area contributed by atoms with Gasteiger partial charge in [0, 0.05) is 38.3 Å². The Morgan fingerprint density at radius 3 is 2.03 bits per heavy atom. The van der Waals surface area contributed by atoms with Crippen molar-refractivity contribution in [2.45, 2.75) is 118 Å². The Morgan fingerprint density at radius 2 is 1.56 bits per heavy atom. The normalized spacial score (nSPS) is 26.2. The van der Waals surface area contributed by atoms with E-state index in [1.165, 1.54) is 6.42 Å². The van der Waals surface area contributed by atoms with Crippen LogP contribution in [0.15, 0.2) is 0 Å². The molecule has 1 unspecified atom stereocenters. The molecule has 0 aromatic carbocycles. The van der Waals surface area contributed by atoms with Crippen LogP contribution < -0.4 is 0 Å². The molecule has 0 radical (unpaired) electrons. The summed E-state index contributed by atoms with van der Waals surface area (Å²) in [6.07, 6.45) is 9.66. The second-order valence-corrected chi connectivity index (χ2v) is 12.9. The van der Waals surface area contributed by atoms with Crippen molar-refractivity contribution >= 4 is 17.7 Å². The standard InChI is InChI=1S/C19H33NO3.C8H14O/c1-18(2,3)23-17(22)20-10-7-14(8-11-20)12-15-6-9-19(4,5)13-16(15)21;1-8(2)5-3-4-7(9)6-8/h14-15H,6-13H2,1-5H3;3-6H2,1-2H3. The predicted molar refractivity (Wildman–Crippen MR) is 129 cm³/mol. The molecule has 3 aliphatic rings. The lowest BCUT2D eigenvalue weighted by molar-refractivity contribution is -0.128. The number of ether oxygens (including phenoxy) is 1. The third-order valence-electron chi connectivity index (χ3n) is 7.15. The van der Waals surface area contributed by atoms with E-state index in [-0.39, 0.29) is 17.4 Å². The minimum absolute atomic E-state index is 0.188.